The normalized spacial score (nSPS) is 25.4. The molecule has 3 rings (SSSR count). The van der Waals surface area contributed by atoms with Crippen LogP contribution in [0.5, 0.6) is 11.5 Å². The summed E-state index contributed by atoms with van der Waals surface area (Å²) >= 11 is 0. The summed E-state index contributed by atoms with van der Waals surface area (Å²) < 4.78 is 24.9. The van der Waals surface area contributed by atoms with E-state index in [9.17, 15) is 19.4 Å². The van der Waals surface area contributed by atoms with Gasteiger partial charge < -0.3 is 19.7 Å². The second-order valence-corrected chi connectivity index (χ2v) is 7.66. The SMILES string of the molecule is CCC1=NC(O)NC(c2cc(F)c(O)c(OC)c2)C1C(=O)OCC1CCCCC1. The van der Waals surface area contributed by atoms with Gasteiger partial charge in [0.2, 0.25) is 6.35 Å². The Hall–Kier alpha value is -2.19. The maximum Gasteiger partial charge on any atom is 0.316 e. The Balaban J connectivity index is 1.86. The topological polar surface area (TPSA) is 100 Å². The van der Waals surface area contributed by atoms with Crippen LogP contribution in [-0.4, -0.2) is 42.0 Å². The fourth-order valence-electron chi connectivity index (χ4n) is 4.17. The van der Waals surface area contributed by atoms with Gasteiger partial charge in [-0.05, 0) is 42.9 Å². The molecule has 0 bridgehead atoms. The summed E-state index contributed by atoms with van der Waals surface area (Å²) in [6, 6.07) is 1.81. The lowest BCUT2D eigenvalue weighted by atomic mass is 9.86. The third-order valence-electron chi connectivity index (χ3n) is 5.74. The number of hydrogen-bond donors (Lipinski definition) is 3. The predicted molar refractivity (Wildman–Crippen MR) is 105 cm³/mol. The maximum atomic E-state index is 14.2. The lowest BCUT2D eigenvalue weighted by Crippen LogP contribution is -2.47. The Morgan fingerprint density at radius 2 is 2.03 bits per heavy atom. The van der Waals surface area contributed by atoms with Crippen LogP contribution in [0.3, 0.4) is 0 Å². The van der Waals surface area contributed by atoms with E-state index in [4.69, 9.17) is 9.47 Å². The van der Waals surface area contributed by atoms with Gasteiger partial charge in [0.25, 0.3) is 0 Å². The lowest BCUT2D eigenvalue weighted by molar-refractivity contribution is -0.149. The second-order valence-electron chi connectivity index (χ2n) is 7.66. The predicted octanol–water partition coefficient (Wildman–Crippen LogP) is 3.05. The summed E-state index contributed by atoms with van der Waals surface area (Å²) in [5.74, 6) is -2.42. The zero-order valence-electron chi connectivity index (χ0n) is 16.9. The Bertz CT molecular complexity index is 764. The third-order valence-corrected chi connectivity index (χ3v) is 5.74. The van der Waals surface area contributed by atoms with Crippen LogP contribution in [-0.2, 0) is 9.53 Å². The number of halogens is 1. The van der Waals surface area contributed by atoms with E-state index in [1.807, 2.05) is 6.92 Å². The average Bonchev–Trinajstić information content (AvgIpc) is 2.73. The summed E-state index contributed by atoms with van der Waals surface area (Å²) in [7, 11) is 1.32. The third kappa shape index (κ3) is 4.87. The monoisotopic (exact) mass is 408 g/mol. The van der Waals surface area contributed by atoms with Crippen molar-refractivity contribution >= 4 is 11.7 Å². The summed E-state index contributed by atoms with van der Waals surface area (Å²) in [6.07, 6.45) is 4.83. The molecule has 0 saturated heterocycles. The average molecular weight is 408 g/mol. The van der Waals surface area contributed by atoms with Crippen molar-refractivity contribution in [3.8, 4) is 11.5 Å². The number of aliphatic hydroxyl groups excluding tert-OH is 1. The van der Waals surface area contributed by atoms with Crippen molar-refractivity contribution < 1.29 is 28.9 Å². The number of phenolic OH excluding ortho intramolecular Hbond substituents is 1. The van der Waals surface area contributed by atoms with E-state index in [2.05, 4.69) is 10.3 Å². The number of esters is 1. The fourth-order valence-corrected chi connectivity index (χ4v) is 4.17. The largest absolute Gasteiger partial charge is 0.502 e. The molecule has 8 heteroatoms. The zero-order chi connectivity index (χ0) is 21.0. The highest BCUT2D eigenvalue weighted by atomic mass is 19.1. The van der Waals surface area contributed by atoms with Gasteiger partial charge in [-0.25, -0.2) is 9.38 Å². The van der Waals surface area contributed by atoms with Gasteiger partial charge in [-0.2, -0.15) is 0 Å². The Kier molecular flexibility index (Phi) is 7.08. The molecule has 3 unspecified atom stereocenters. The van der Waals surface area contributed by atoms with Gasteiger partial charge >= 0.3 is 5.97 Å². The molecule has 1 saturated carbocycles. The highest BCUT2D eigenvalue weighted by molar-refractivity contribution is 6.03. The number of nitrogens with one attached hydrogen (secondary N) is 1. The molecule has 0 amide bonds. The smallest absolute Gasteiger partial charge is 0.316 e. The number of nitrogens with zero attached hydrogens (tertiary/aromatic N) is 1. The molecule has 1 aliphatic carbocycles. The molecule has 2 aliphatic rings. The molecule has 0 radical (unpaired) electrons. The summed E-state index contributed by atoms with van der Waals surface area (Å²) in [6.45, 7) is 2.20. The summed E-state index contributed by atoms with van der Waals surface area (Å²) in [5.41, 5.74) is 0.846. The van der Waals surface area contributed by atoms with Crippen molar-refractivity contribution in [1.29, 1.82) is 0 Å². The van der Waals surface area contributed by atoms with Crippen LogP contribution in [0.4, 0.5) is 4.39 Å². The second kappa shape index (κ2) is 9.54. The van der Waals surface area contributed by atoms with Crippen LogP contribution in [0, 0.1) is 17.7 Å². The minimum absolute atomic E-state index is 0.0498. The minimum Gasteiger partial charge on any atom is -0.502 e. The number of aliphatic hydroxyl groups is 1. The van der Waals surface area contributed by atoms with Crippen LogP contribution in [0.1, 0.15) is 57.1 Å². The lowest BCUT2D eigenvalue weighted by Gasteiger charge is -2.34. The molecule has 3 atom stereocenters. The first-order chi connectivity index (χ1) is 13.9. The van der Waals surface area contributed by atoms with Gasteiger partial charge in [0.15, 0.2) is 17.3 Å². The first-order valence-electron chi connectivity index (χ1n) is 10.2. The van der Waals surface area contributed by atoms with E-state index in [0.29, 0.717) is 30.2 Å². The standard InChI is InChI=1S/C21H29FN2O5/c1-3-15-17(20(26)29-11-12-7-5-4-6-8-12)18(24-21(27)23-15)13-9-14(22)19(25)16(10-13)28-2/h9-10,12,17-18,21,24-25,27H,3-8,11H2,1-2H3. The number of ether oxygens (including phenoxy) is 2. The maximum absolute atomic E-state index is 14.2. The summed E-state index contributed by atoms with van der Waals surface area (Å²) in [5, 5.41) is 22.7. The number of carbonyl (C=O) groups excluding carboxylic acids is 1. The molecule has 1 fully saturated rings. The molecule has 3 N–H and O–H groups in total. The van der Waals surface area contributed by atoms with Crippen molar-refractivity contribution in [2.45, 2.75) is 57.8 Å². The van der Waals surface area contributed by atoms with Gasteiger partial charge in [0, 0.05) is 5.71 Å². The van der Waals surface area contributed by atoms with Crippen molar-refractivity contribution in [1.82, 2.24) is 5.32 Å². The van der Waals surface area contributed by atoms with Crippen molar-refractivity contribution in [3.63, 3.8) is 0 Å². The molecule has 29 heavy (non-hydrogen) atoms. The van der Waals surface area contributed by atoms with Crippen LogP contribution in [0.2, 0.25) is 0 Å². The van der Waals surface area contributed by atoms with Gasteiger partial charge in [0.1, 0.15) is 5.92 Å². The van der Waals surface area contributed by atoms with E-state index in [0.717, 1.165) is 31.7 Å². The first kappa shape index (κ1) is 21.5. The van der Waals surface area contributed by atoms with E-state index in [1.165, 1.54) is 19.6 Å². The Morgan fingerprint density at radius 1 is 1.31 bits per heavy atom. The molecule has 1 aromatic carbocycles. The van der Waals surface area contributed by atoms with E-state index < -0.39 is 35.8 Å². The van der Waals surface area contributed by atoms with Crippen molar-refractivity contribution in [3.05, 3.63) is 23.5 Å². The molecule has 1 aliphatic heterocycles. The summed E-state index contributed by atoms with van der Waals surface area (Å²) in [4.78, 5) is 17.1. The number of aliphatic imine (C=N–C) groups is 1. The van der Waals surface area contributed by atoms with E-state index in [-0.39, 0.29) is 5.75 Å². The number of carbonyl (C=O) groups is 1. The number of aromatic hydroxyl groups is 1. The van der Waals surface area contributed by atoms with E-state index in [1.54, 1.807) is 0 Å². The molecular formula is C21H29FN2O5. The van der Waals surface area contributed by atoms with Crippen LogP contribution in [0.15, 0.2) is 17.1 Å². The number of benzene rings is 1. The van der Waals surface area contributed by atoms with E-state index >= 15 is 0 Å². The zero-order valence-corrected chi connectivity index (χ0v) is 16.9. The molecule has 160 valence electrons. The molecule has 0 spiro atoms. The highest BCUT2D eigenvalue weighted by Gasteiger charge is 2.40. The van der Waals surface area contributed by atoms with Crippen molar-refractivity contribution in [2.75, 3.05) is 13.7 Å². The van der Waals surface area contributed by atoms with Crippen molar-refractivity contribution in [2.24, 2.45) is 16.8 Å². The highest BCUT2D eigenvalue weighted by Crippen LogP contribution is 2.37. The van der Waals surface area contributed by atoms with Gasteiger partial charge in [-0.15, -0.1) is 0 Å². The fraction of sp³-hybridized carbons (Fsp3) is 0.619. The van der Waals surface area contributed by atoms with Crippen LogP contribution < -0.4 is 10.1 Å². The van der Waals surface area contributed by atoms with Crippen LogP contribution >= 0.6 is 0 Å². The Morgan fingerprint density at radius 3 is 2.69 bits per heavy atom. The van der Waals surface area contributed by atoms with Crippen LogP contribution in [0.25, 0.3) is 0 Å². The molecule has 7 nitrogen and oxygen atoms in total. The molecule has 1 heterocycles. The van der Waals surface area contributed by atoms with Gasteiger partial charge in [-0.1, -0.05) is 26.2 Å². The Labute approximate surface area is 169 Å². The van der Waals surface area contributed by atoms with Gasteiger partial charge in [0.05, 0.1) is 19.8 Å². The first-order valence-corrected chi connectivity index (χ1v) is 10.2. The molecule has 0 aromatic heterocycles. The molecule has 1 aromatic rings. The quantitative estimate of drug-likeness (QED) is 0.626. The molecular weight excluding hydrogens is 379 g/mol. The number of hydrogen-bond acceptors (Lipinski definition) is 7. The minimum atomic E-state index is -1.22. The number of rotatable bonds is 6. The number of methoxy groups -OCH3 is 1. The van der Waals surface area contributed by atoms with Gasteiger partial charge in [-0.3, -0.25) is 10.1 Å². The number of phenols is 1.